The summed E-state index contributed by atoms with van der Waals surface area (Å²) in [6, 6.07) is 14.3. The van der Waals surface area contributed by atoms with Crippen molar-refractivity contribution >= 4 is 34.3 Å². The average molecular weight is 339 g/mol. The molecule has 2 aromatic carbocycles. The Morgan fingerprint density at radius 1 is 1.16 bits per heavy atom. The molecule has 0 unspecified atom stereocenters. The molecule has 0 atom stereocenters. The molecule has 1 heterocycles. The molecule has 3 aromatic rings. The van der Waals surface area contributed by atoms with E-state index in [1.165, 1.54) is 12.0 Å². The molecule has 2 amide bonds. The lowest BCUT2D eigenvalue weighted by Crippen LogP contribution is -2.25. The molecular weight excluding hydrogens is 322 g/mol. The number of ether oxygens (including phenoxy) is 1. The number of amides is 2. The number of methoxy groups -OCH3 is 1. The summed E-state index contributed by atoms with van der Waals surface area (Å²) in [5.74, 6) is -0.201. The molecule has 0 aliphatic carbocycles. The van der Waals surface area contributed by atoms with Crippen LogP contribution in [0.15, 0.2) is 53.1 Å². The van der Waals surface area contributed by atoms with Crippen LogP contribution in [-0.2, 0) is 16.0 Å². The summed E-state index contributed by atoms with van der Waals surface area (Å²) in [7, 11) is 2.93. The van der Waals surface area contributed by atoms with Crippen molar-refractivity contribution in [3.8, 4) is 0 Å². The van der Waals surface area contributed by atoms with Crippen LogP contribution >= 0.6 is 0 Å². The van der Waals surface area contributed by atoms with Crippen LogP contribution in [0.5, 0.6) is 0 Å². The van der Waals surface area contributed by atoms with Crippen molar-refractivity contribution in [2.75, 3.05) is 24.4 Å². The smallest absolute Gasteiger partial charge is 0.413 e. The van der Waals surface area contributed by atoms with Crippen molar-refractivity contribution in [1.29, 1.82) is 0 Å². The summed E-state index contributed by atoms with van der Waals surface area (Å²) in [5, 5.41) is 7.57. The molecule has 0 saturated heterocycles. The topological polar surface area (TPSA) is 84.7 Å². The van der Waals surface area contributed by atoms with E-state index in [9.17, 15) is 9.59 Å². The average Bonchev–Trinajstić information content (AvgIpc) is 3.04. The summed E-state index contributed by atoms with van der Waals surface area (Å²) in [6.45, 7) is 0. The second-order valence-corrected chi connectivity index (χ2v) is 5.43. The number of anilines is 2. The second-order valence-electron chi connectivity index (χ2n) is 5.43. The largest absolute Gasteiger partial charge is 0.452 e. The standard InChI is InChI=1S/C18H17N3O4/c1-21(18(23)24-2)13-9-7-12(8-10-13)19-17(22)11-15-14-5-3-4-6-16(14)25-20-15/h3-10H,11H2,1-2H3,(H,19,22). The van der Waals surface area contributed by atoms with Gasteiger partial charge in [-0.25, -0.2) is 4.79 Å². The van der Waals surface area contributed by atoms with Gasteiger partial charge >= 0.3 is 6.09 Å². The monoisotopic (exact) mass is 339 g/mol. The summed E-state index contributed by atoms with van der Waals surface area (Å²) in [4.78, 5) is 25.1. The number of nitrogens with zero attached hydrogens (tertiary/aromatic N) is 2. The Kier molecular flexibility index (Phi) is 4.65. The molecule has 0 saturated carbocycles. The molecule has 0 fully saturated rings. The fourth-order valence-corrected chi connectivity index (χ4v) is 2.43. The molecule has 0 spiro atoms. The predicted octanol–water partition coefficient (Wildman–Crippen LogP) is 3.21. The maximum absolute atomic E-state index is 12.2. The van der Waals surface area contributed by atoms with E-state index >= 15 is 0 Å². The van der Waals surface area contributed by atoms with Crippen molar-refractivity contribution in [1.82, 2.24) is 5.16 Å². The number of aromatic nitrogens is 1. The zero-order chi connectivity index (χ0) is 17.8. The first-order chi connectivity index (χ1) is 12.1. The van der Waals surface area contributed by atoms with E-state index < -0.39 is 6.09 Å². The Balaban J connectivity index is 1.66. The molecular formula is C18H17N3O4. The zero-order valence-corrected chi connectivity index (χ0v) is 13.9. The van der Waals surface area contributed by atoms with Gasteiger partial charge in [0.15, 0.2) is 5.58 Å². The molecule has 0 bridgehead atoms. The summed E-state index contributed by atoms with van der Waals surface area (Å²) in [5.41, 5.74) is 2.53. The minimum Gasteiger partial charge on any atom is -0.452 e. The minimum absolute atomic E-state index is 0.112. The van der Waals surface area contributed by atoms with Gasteiger partial charge in [0.2, 0.25) is 5.91 Å². The van der Waals surface area contributed by atoms with Crippen molar-refractivity contribution in [2.45, 2.75) is 6.42 Å². The third-order valence-corrected chi connectivity index (χ3v) is 3.77. The summed E-state index contributed by atoms with van der Waals surface area (Å²) in [6.07, 6.45) is -0.351. The van der Waals surface area contributed by atoms with Crippen LogP contribution in [0.3, 0.4) is 0 Å². The molecule has 0 radical (unpaired) electrons. The van der Waals surface area contributed by atoms with Crippen LogP contribution in [0.4, 0.5) is 16.2 Å². The van der Waals surface area contributed by atoms with E-state index in [4.69, 9.17) is 4.52 Å². The van der Waals surface area contributed by atoms with E-state index in [1.807, 2.05) is 18.2 Å². The number of hydrogen-bond donors (Lipinski definition) is 1. The molecule has 25 heavy (non-hydrogen) atoms. The number of carbonyl (C=O) groups excluding carboxylic acids is 2. The number of fused-ring (bicyclic) bond motifs is 1. The van der Waals surface area contributed by atoms with Gasteiger partial charge in [0.05, 0.1) is 13.5 Å². The highest BCUT2D eigenvalue weighted by atomic mass is 16.5. The highest BCUT2D eigenvalue weighted by Gasteiger charge is 2.13. The maximum Gasteiger partial charge on any atom is 0.413 e. The molecule has 3 rings (SSSR count). The van der Waals surface area contributed by atoms with E-state index in [-0.39, 0.29) is 12.3 Å². The fourth-order valence-electron chi connectivity index (χ4n) is 2.43. The number of carbonyl (C=O) groups is 2. The first kappa shape index (κ1) is 16.5. The van der Waals surface area contributed by atoms with Gasteiger partial charge in [-0.1, -0.05) is 17.3 Å². The van der Waals surface area contributed by atoms with E-state index in [0.717, 1.165) is 5.39 Å². The molecule has 128 valence electrons. The Labute approximate surface area is 144 Å². The number of rotatable bonds is 4. The van der Waals surface area contributed by atoms with Crippen LogP contribution in [0.2, 0.25) is 0 Å². The molecule has 1 aromatic heterocycles. The third kappa shape index (κ3) is 3.60. The number of benzene rings is 2. The first-order valence-electron chi connectivity index (χ1n) is 7.63. The van der Waals surface area contributed by atoms with E-state index in [2.05, 4.69) is 15.2 Å². The van der Waals surface area contributed by atoms with Gasteiger partial charge in [0.25, 0.3) is 0 Å². The van der Waals surface area contributed by atoms with Gasteiger partial charge in [-0.05, 0) is 36.4 Å². The number of hydrogen-bond acceptors (Lipinski definition) is 5. The Hall–Kier alpha value is -3.35. The minimum atomic E-state index is -0.463. The first-order valence-corrected chi connectivity index (χ1v) is 7.63. The van der Waals surface area contributed by atoms with Crippen LogP contribution in [0.1, 0.15) is 5.69 Å². The van der Waals surface area contributed by atoms with Crippen molar-refractivity contribution in [3.05, 3.63) is 54.2 Å². The number of nitrogens with one attached hydrogen (secondary N) is 1. The van der Waals surface area contributed by atoms with Crippen LogP contribution in [-0.4, -0.2) is 31.3 Å². The maximum atomic E-state index is 12.2. The van der Waals surface area contributed by atoms with Crippen LogP contribution in [0, 0.1) is 0 Å². The van der Waals surface area contributed by atoms with Crippen molar-refractivity contribution in [2.24, 2.45) is 0 Å². The predicted molar refractivity (Wildman–Crippen MR) is 93.6 cm³/mol. The molecule has 7 heteroatoms. The van der Waals surface area contributed by atoms with Crippen LogP contribution in [0.25, 0.3) is 11.0 Å². The van der Waals surface area contributed by atoms with E-state index in [0.29, 0.717) is 22.7 Å². The third-order valence-electron chi connectivity index (χ3n) is 3.77. The lowest BCUT2D eigenvalue weighted by Gasteiger charge is -2.15. The fraction of sp³-hybridized carbons (Fsp3) is 0.167. The second kappa shape index (κ2) is 7.04. The van der Waals surface area contributed by atoms with Crippen molar-refractivity contribution < 1.29 is 18.8 Å². The van der Waals surface area contributed by atoms with Crippen LogP contribution < -0.4 is 10.2 Å². The van der Waals surface area contributed by atoms with Gasteiger partial charge in [-0.2, -0.15) is 0 Å². The summed E-state index contributed by atoms with van der Waals surface area (Å²) < 4.78 is 9.85. The number of para-hydroxylation sites is 1. The quantitative estimate of drug-likeness (QED) is 0.789. The van der Waals surface area contributed by atoms with E-state index in [1.54, 1.807) is 37.4 Å². The lowest BCUT2D eigenvalue weighted by molar-refractivity contribution is -0.115. The van der Waals surface area contributed by atoms with Gasteiger partial charge in [-0.15, -0.1) is 0 Å². The SMILES string of the molecule is COC(=O)N(C)c1ccc(NC(=O)Cc2noc3ccccc23)cc1. The Morgan fingerprint density at radius 3 is 2.60 bits per heavy atom. The highest BCUT2D eigenvalue weighted by molar-refractivity contribution is 5.95. The normalized spacial score (nSPS) is 10.5. The molecule has 0 aliphatic rings. The molecule has 1 N–H and O–H groups in total. The molecule has 0 aliphatic heterocycles. The van der Waals surface area contributed by atoms with Crippen molar-refractivity contribution in [3.63, 3.8) is 0 Å². The Bertz CT molecular complexity index is 902. The lowest BCUT2D eigenvalue weighted by atomic mass is 10.1. The highest BCUT2D eigenvalue weighted by Crippen LogP contribution is 2.20. The van der Waals surface area contributed by atoms with Gasteiger partial charge < -0.3 is 14.6 Å². The molecule has 7 nitrogen and oxygen atoms in total. The summed E-state index contributed by atoms with van der Waals surface area (Å²) >= 11 is 0. The zero-order valence-electron chi connectivity index (χ0n) is 13.9. The Morgan fingerprint density at radius 2 is 1.88 bits per heavy atom. The van der Waals surface area contributed by atoms with Gasteiger partial charge in [0, 0.05) is 23.8 Å². The van der Waals surface area contributed by atoms with Gasteiger partial charge in [-0.3, -0.25) is 9.69 Å². The van der Waals surface area contributed by atoms with Gasteiger partial charge in [0.1, 0.15) is 5.69 Å².